The summed E-state index contributed by atoms with van der Waals surface area (Å²) in [5.41, 5.74) is 3.63. The normalized spacial score (nSPS) is 9.68. The van der Waals surface area contributed by atoms with Crippen molar-refractivity contribution >= 4 is 11.4 Å². The highest BCUT2D eigenvalue weighted by molar-refractivity contribution is 6.10. The van der Waals surface area contributed by atoms with Gasteiger partial charge in [0, 0.05) is 5.56 Å². The molecule has 0 spiro atoms. The molecule has 1 heterocycles. The highest BCUT2D eigenvalue weighted by Gasteiger charge is 2.09. The van der Waals surface area contributed by atoms with Crippen molar-refractivity contribution in [3.05, 3.63) is 48.2 Å². The van der Waals surface area contributed by atoms with Crippen molar-refractivity contribution in [3.8, 4) is 23.4 Å². The third-order valence-corrected chi connectivity index (χ3v) is 2.68. The number of hydrogen-bond acceptors (Lipinski definition) is 5. The van der Waals surface area contributed by atoms with Gasteiger partial charge in [0.25, 0.3) is 6.43 Å². The van der Waals surface area contributed by atoms with Gasteiger partial charge in [-0.25, -0.2) is 13.8 Å². The number of nitrogens with one attached hydrogen (secondary N) is 1. The molecule has 0 saturated heterocycles. The molecule has 0 aliphatic carbocycles. The third-order valence-electron chi connectivity index (χ3n) is 2.68. The molecular weight excluding hydrogens is 288 g/mol. The Morgan fingerprint density at radius 2 is 1.77 bits per heavy atom. The van der Waals surface area contributed by atoms with Gasteiger partial charge in [-0.2, -0.15) is 15.6 Å². The fourth-order valence-corrected chi connectivity index (χ4v) is 1.64. The average molecular weight is 297 g/mol. The van der Waals surface area contributed by atoms with Gasteiger partial charge in [-0.1, -0.05) is 18.2 Å². The lowest BCUT2D eigenvalue weighted by atomic mass is 10.1. The van der Waals surface area contributed by atoms with E-state index in [4.69, 9.17) is 10.5 Å². The number of rotatable bonds is 4. The van der Waals surface area contributed by atoms with E-state index in [1.54, 1.807) is 42.5 Å². The molecule has 0 unspecified atom stereocenters. The standard InChI is InChI=1S/C15H9F2N5/c16-15(17)14-3-1-2-13(20-14)10-4-6-11(7-5-10)21-22-12(8-18)9-19/h1-7,15,21H. The van der Waals surface area contributed by atoms with Crippen molar-refractivity contribution in [1.29, 1.82) is 10.5 Å². The lowest BCUT2D eigenvalue weighted by Crippen LogP contribution is -1.96. The monoisotopic (exact) mass is 297 g/mol. The summed E-state index contributed by atoms with van der Waals surface area (Å²) in [4.78, 5) is 3.89. The summed E-state index contributed by atoms with van der Waals surface area (Å²) >= 11 is 0. The van der Waals surface area contributed by atoms with Gasteiger partial charge >= 0.3 is 0 Å². The van der Waals surface area contributed by atoms with E-state index in [2.05, 4.69) is 15.5 Å². The van der Waals surface area contributed by atoms with E-state index in [9.17, 15) is 8.78 Å². The van der Waals surface area contributed by atoms with Crippen LogP contribution in [0.4, 0.5) is 14.5 Å². The van der Waals surface area contributed by atoms with Crippen molar-refractivity contribution in [1.82, 2.24) is 4.98 Å². The second-order valence-electron chi connectivity index (χ2n) is 4.12. The van der Waals surface area contributed by atoms with Crippen LogP contribution in [-0.4, -0.2) is 10.7 Å². The summed E-state index contributed by atoms with van der Waals surface area (Å²) in [6.45, 7) is 0. The highest BCUT2D eigenvalue weighted by atomic mass is 19.3. The number of nitriles is 2. The van der Waals surface area contributed by atoms with Gasteiger partial charge in [-0.05, 0) is 24.3 Å². The fourth-order valence-electron chi connectivity index (χ4n) is 1.64. The van der Waals surface area contributed by atoms with Crippen molar-refractivity contribution in [2.24, 2.45) is 5.10 Å². The number of hydrazone groups is 1. The van der Waals surface area contributed by atoms with Crippen LogP contribution in [0.15, 0.2) is 47.6 Å². The molecule has 0 amide bonds. The van der Waals surface area contributed by atoms with Crippen molar-refractivity contribution in [2.45, 2.75) is 6.43 Å². The van der Waals surface area contributed by atoms with Gasteiger partial charge in [0.2, 0.25) is 5.71 Å². The van der Waals surface area contributed by atoms with E-state index < -0.39 is 6.43 Å². The van der Waals surface area contributed by atoms with E-state index in [0.29, 0.717) is 16.9 Å². The maximum absolute atomic E-state index is 12.6. The minimum Gasteiger partial charge on any atom is -0.277 e. The number of benzene rings is 1. The second-order valence-corrected chi connectivity index (χ2v) is 4.12. The van der Waals surface area contributed by atoms with Gasteiger partial charge in [0.15, 0.2) is 0 Å². The van der Waals surface area contributed by atoms with Crippen LogP contribution in [0.3, 0.4) is 0 Å². The van der Waals surface area contributed by atoms with Crippen LogP contribution >= 0.6 is 0 Å². The zero-order chi connectivity index (χ0) is 15.9. The molecule has 0 saturated carbocycles. The average Bonchev–Trinajstić information content (AvgIpc) is 2.56. The first-order chi connectivity index (χ1) is 10.6. The van der Waals surface area contributed by atoms with E-state index in [-0.39, 0.29) is 11.4 Å². The Bertz CT molecular complexity index is 754. The summed E-state index contributed by atoms with van der Waals surface area (Å²) in [6, 6.07) is 14.3. The van der Waals surface area contributed by atoms with Crippen molar-refractivity contribution < 1.29 is 8.78 Å². The predicted molar refractivity (Wildman–Crippen MR) is 76.9 cm³/mol. The van der Waals surface area contributed by atoms with E-state index in [0.717, 1.165) is 0 Å². The second kappa shape index (κ2) is 6.91. The lowest BCUT2D eigenvalue weighted by molar-refractivity contribution is 0.146. The molecule has 0 bridgehead atoms. The van der Waals surface area contributed by atoms with Gasteiger partial charge in [-0.15, -0.1) is 0 Å². The number of hydrogen-bond donors (Lipinski definition) is 1. The molecule has 0 aliphatic rings. The molecule has 0 aliphatic heterocycles. The van der Waals surface area contributed by atoms with Gasteiger partial charge in [0.1, 0.15) is 17.8 Å². The number of alkyl halides is 2. The molecule has 1 N–H and O–H groups in total. The number of aromatic nitrogens is 1. The Morgan fingerprint density at radius 3 is 2.36 bits per heavy atom. The third kappa shape index (κ3) is 3.62. The van der Waals surface area contributed by atoms with E-state index in [1.165, 1.54) is 12.1 Å². The smallest absolute Gasteiger partial charge is 0.277 e. The molecule has 2 rings (SSSR count). The minimum atomic E-state index is -2.62. The van der Waals surface area contributed by atoms with Crippen LogP contribution < -0.4 is 5.43 Å². The summed E-state index contributed by atoms with van der Waals surface area (Å²) in [7, 11) is 0. The molecule has 5 nitrogen and oxygen atoms in total. The molecule has 0 atom stereocenters. The van der Waals surface area contributed by atoms with Crippen LogP contribution in [0.1, 0.15) is 12.1 Å². The fraction of sp³-hybridized carbons (Fsp3) is 0.0667. The number of halogens is 2. The molecule has 0 fully saturated rings. The zero-order valence-electron chi connectivity index (χ0n) is 11.2. The van der Waals surface area contributed by atoms with E-state index in [1.807, 2.05) is 0 Å². The first-order valence-electron chi connectivity index (χ1n) is 6.13. The van der Waals surface area contributed by atoms with Crippen molar-refractivity contribution in [2.75, 3.05) is 5.43 Å². The van der Waals surface area contributed by atoms with Crippen molar-refractivity contribution in [3.63, 3.8) is 0 Å². The van der Waals surface area contributed by atoms with E-state index >= 15 is 0 Å². The SMILES string of the molecule is N#CC(C#N)=NNc1ccc(-c2cccc(C(F)F)n2)cc1. The van der Waals surface area contributed by atoms with Crippen LogP contribution in [0, 0.1) is 22.7 Å². The Kier molecular flexibility index (Phi) is 4.74. The first kappa shape index (κ1) is 15.1. The van der Waals surface area contributed by atoms with Gasteiger partial charge in [-0.3, -0.25) is 5.43 Å². The molecule has 2 aromatic rings. The molecule has 0 radical (unpaired) electrons. The van der Waals surface area contributed by atoms with Crippen LogP contribution in [0.5, 0.6) is 0 Å². The first-order valence-corrected chi connectivity index (χ1v) is 6.13. The van der Waals surface area contributed by atoms with Gasteiger partial charge < -0.3 is 0 Å². The summed E-state index contributed by atoms with van der Waals surface area (Å²) < 4.78 is 25.3. The Balaban J connectivity index is 2.19. The molecule has 22 heavy (non-hydrogen) atoms. The minimum absolute atomic E-state index is 0.281. The largest absolute Gasteiger partial charge is 0.280 e. The molecule has 1 aromatic heterocycles. The Morgan fingerprint density at radius 1 is 1.09 bits per heavy atom. The van der Waals surface area contributed by atoms with Crippen LogP contribution in [0.2, 0.25) is 0 Å². The number of pyridine rings is 1. The maximum atomic E-state index is 12.6. The predicted octanol–water partition coefficient (Wildman–Crippen LogP) is 3.50. The number of nitrogens with zero attached hydrogens (tertiary/aromatic N) is 4. The van der Waals surface area contributed by atoms with Crippen LogP contribution in [-0.2, 0) is 0 Å². The molecule has 1 aromatic carbocycles. The molecular formula is C15H9F2N5. The lowest BCUT2D eigenvalue weighted by Gasteiger charge is -2.05. The van der Waals surface area contributed by atoms with Crippen LogP contribution in [0.25, 0.3) is 11.3 Å². The maximum Gasteiger partial charge on any atom is 0.280 e. The summed E-state index contributed by atoms with van der Waals surface area (Å²) in [6.07, 6.45) is -2.62. The molecule has 7 heteroatoms. The zero-order valence-corrected chi connectivity index (χ0v) is 11.2. The topological polar surface area (TPSA) is 84.9 Å². The molecule has 108 valence electrons. The summed E-state index contributed by atoms with van der Waals surface area (Å²) in [5, 5.41) is 20.7. The quantitative estimate of drug-likeness (QED) is 0.691. The highest BCUT2D eigenvalue weighted by Crippen LogP contribution is 2.23. The number of anilines is 1. The Hall–Kier alpha value is -3.32. The summed E-state index contributed by atoms with van der Waals surface area (Å²) in [5.74, 6) is 0. The van der Waals surface area contributed by atoms with Gasteiger partial charge in [0.05, 0.1) is 11.4 Å². The Labute approximate surface area is 125 Å².